The van der Waals surface area contributed by atoms with Crippen molar-refractivity contribution in [3.8, 4) is 0 Å². The summed E-state index contributed by atoms with van der Waals surface area (Å²) in [6.07, 6.45) is -0.111. The van der Waals surface area contributed by atoms with Crippen molar-refractivity contribution in [2.75, 3.05) is 5.43 Å². The van der Waals surface area contributed by atoms with Crippen LogP contribution in [-0.4, -0.2) is 21.5 Å². The van der Waals surface area contributed by atoms with Crippen LogP contribution in [-0.2, 0) is 16.1 Å². The Bertz CT molecular complexity index is 882. The van der Waals surface area contributed by atoms with Gasteiger partial charge in [-0.05, 0) is 18.6 Å². The maximum Gasteiger partial charge on any atom is 0.311 e. The first kappa shape index (κ1) is 19.5. The van der Waals surface area contributed by atoms with Gasteiger partial charge in [0, 0.05) is 11.8 Å². The number of rotatable bonds is 8. The Morgan fingerprint density at radius 2 is 1.81 bits per heavy atom. The lowest BCUT2D eigenvalue weighted by molar-refractivity contribution is -0.393. The first-order valence-corrected chi connectivity index (χ1v) is 7.78. The zero-order valence-electron chi connectivity index (χ0n) is 14.3. The smallest absolute Gasteiger partial charge is 0.311 e. The second-order valence-electron chi connectivity index (χ2n) is 5.50. The largest absolute Gasteiger partial charge is 0.461 e. The summed E-state index contributed by atoms with van der Waals surface area (Å²) in [6.45, 7) is 1.68. The lowest BCUT2D eigenvalue weighted by Gasteiger charge is -2.06. The minimum Gasteiger partial charge on any atom is -0.461 e. The van der Waals surface area contributed by atoms with Gasteiger partial charge in [-0.3, -0.25) is 30.4 Å². The van der Waals surface area contributed by atoms with Crippen LogP contribution in [0.15, 0.2) is 53.6 Å². The van der Waals surface area contributed by atoms with Crippen LogP contribution in [0.4, 0.5) is 17.1 Å². The number of benzene rings is 2. The SMILES string of the molecule is C/C(CC(=O)OCc1ccccc1)=N\Nc1ccc([N+](=O)[O-])cc1[N+](=O)[O-]. The molecule has 0 aliphatic carbocycles. The summed E-state index contributed by atoms with van der Waals surface area (Å²) >= 11 is 0. The summed E-state index contributed by atoms with van der Waals surface area (Å²) < 4.78 is 5.12. The van der Waals surface area contributed by atoms with Crippen LogP contribution in [0.25, 0.3) is 0 Å². The van der Waals surface area contributed by atoms with Crippen LogP contribution in [0.3, 0.4) is 0 Å². The molecule has 27 heavy (non-hydrogen) atoms. The molecule has 0 aliphatic heterocycles. The second-order valence-corrected chi connectivity index (χ2v) is 5.50. The molecular formula is C17H16N4O6. The van der Waals surface area contributed by atoms with E-state index in [2.05, 4.69) is 10.5 Å². The molecule has 10 nitrogen and oxygen atoms in total. The molecule has 2 rings (SSSR count). The third kappa shape index (κ3) is 5.88. The Kier molecular flexibility index (Phi) is 6.53. The highest BCUT2D eigenvalue weighted by Crippen LogP contribution is 2.28. The van der Waals surface area contributed by atoms with Gasteiger partial charge in [-0.1, -0.05) is 30.3 Å². The normalized spacial score (nSPS) is 10.9. The molecular weight excluding hydrogens is 356 g/mol. The molecule has 140 valence electrons. The average Bonchev–Trinajstić information content (AvgIpc) is 2.65. The van der Waals surface area contributed by atoms with E-state index >= 15 is 0 Å². The monoisotopic (exact) mass is 372 g/mol. The van der Waals surface area contributed by atoms with Crippen LogP contribution >= 0.6 is 0 Å². The van der Waals surface area contributed by atoms with Gasteiger partial charge < -0.3 is 4.74 Å². The molecule has 0 radical (unpaired) electrons. The second kappa shape index (κ2) is 9.04. The number of nitro groups is 2. The Hall–Kier alpha value is -3.82. The number of hydrazone groups is 1. The van der Waals surface area contributed by atoms with E-state index in [1.807, 2.05) is 30.3 Å². The van der Waals surface area contributed by atoms with E-state index in [1.54, 1.807) is 6.92 Å². The van der Waals surface area contributed by atoms with Crippen molar-refractivity contribution in [1.82, 2.24) is 0 Å². The minimum atomic E-state index is -0.756. The number of esters is 1. The molecule has 0 spiro atoms. The molecule has 10 heteroatoms. The lowest BCUT2D eigenvalue weighted by atomic mass is 10.2. The van der Waals surface area contributed by atoms with E-state index < -0.39 is 27.2 Å². The Morgan fingerprint density at radius 1 is 1.11 bits per heavy atom. The summed E-state index contributed by atoms with van der Waals surface area (Å²) in [5.74, 6) is -0.500. The number of nitrogens with zero attached hydrogens (tertiary/aromatic N) is 3. The fourth-order valence-electron chi connectivity index (χ4n) is 2.07. The minimum absolute atomic E-state index is 0.0254. The summed E-state index contributed by atoms with van der Waals surface area (Å²) in [5, 5.41) is 25.7. The fraction of sp³-hybridized carbons (Fsp3) is 0.176. The zero-order chi connectivity index (χ0) is 19.8. The predicted molar refractivity (Wildman–Crippen MR) is 97.3 cm³/mol. The number of nitro benzene ring substituents is 2. The van der Waals surface area contributed by atoms with E-state index in [-0.39, 0.29) is 18.7 Å². The Labute approximate surface area is 153 Å². The molecule has 0 bridgehead atoms. The topological polar surface area (TPSA) is 137 Å². The van der Waals surface area contributed by atoms with Gasteiger partial charge in [0.05, 0.1) is 22.3 Å². The van der Waals surface area contributed by atoms with E-state index in [1.165, 1.54) is 6.07 Å². The molecule has 0 aromatic heterocycles. The van der Waals surface area contributed by atoms with E-state index in [0.29, 0.717) is 5.71 Å². The van der Waals surface area contributed by atoms with Crippen molar-refractivity contribution in [1.29, 1.82) is 0 Å². The van der Waals surface area contributed by atoms with Crippen molar-refractivity contribution in [2.45, 2.75) is 20.0 Å². The van der Waals surface area contributed by atoms with Crippen LogP contribution in [0.1, 0.15) is 18.9 Å². The Balaban J connectivity index is 1.97. The number of ether oxygens (including phenoxy) is 1. The molecule has 0 unspecified atom stereocenters. The molecule has 2 aromatic carbocycles. The van der Waals surface area contributed by atoms with Crippen molar-refractivity contribution >= 4 is 28.7 Å². The van der Waals surface area contributed by atoms with Crippen LogP contribution in [0.2, 0.25) is 0 Å². The number of hydrogen-bond donors (Lipinski definition) is 1. The maximum absolute atomic E-state index is 11.8. The van der Waals surface area contributed by atoms with Crippen molar-refractivity contribution in [2.24, 2.45) is 5.10 Å². The summed E-state index contributed by atoms with van der Waals surface area (Å²) in [5.41, 5.74) is 2.71. The van der Waals surface area contributed by atoms with Crippen LogP contribution in [0.5, 0.6) is 0 Å². The molecule has 1 N–H and O–H groups in total. The molecule has 2 aromatic rings. The molecule has 0 amide bonds. The summed E-state index contributed by atoms with van der Waals surface area (Å²) in [7, 11) is 0. The van der Waals surface area contributed by atoms with Gasteiger partial charge in [-0.25, -0.2) is 0 Å². The highest BCUT2D eigenvalue weighted by Gasteiger charge is 2.19. The van der Waals surface area contributed by atoms with Crippen molar-refractivity contribution in [3.05, 3.63) is 74.3 Å². The third-order valence-corrected chi connectivity index (χ3v) is 3.40. The molecule has 0 aliphatic rings. The van der Waals surface area contributed by atoms with E-state index in [9.17, 15) is 25.0 Å². The highest BCUT2D eigenvalue weighted by atomic mass is 16.6. The van der Waals surface area contributed by atoms with Gasteiger partial charge >= 0.3 is 11.7 Å². The van der Waals surface area contributed by atoms with Gasteiger partial charge in [0.1, 0.15) is 12.3 Å². The molecule has 0 saturated carbocycles. The molecule has 0 saturated heterocycles. The summed E-state index contributed by atoms with van der Waals surface area (Å²) in [6, 6.07) is 12.3. The lowest BCUT2D eigenvalue weighted by Crippen LogP contribution is -2.10. The van der Waals surface area contributed by atoms with Gasteiger partial charge in [0.2, 0.25) is 0 Å². The van der Waals surface area contributed by atoms with Crippen molar-refractivity contribution < 1.29 is 19.4 Å². The number of nitrogens with one attached hydrogen (secondary N) is 1. The van der Waals surface area contributed by atoms with Crippen LogP contribution < -0.4 is 5.43 Å². The van der Waals surface area contributed by atoms with E-state index in [4.69, 9.17) is 4.74 Å². The summed E-state index contributed by atoms with van der Waals surface area (Å²) in [4.78, 5) is 32.1. The van der Waals surface area contributed by atoms with Gasteiger partial charge in [-0.2, -0.15) is 5.10 Å². The van der Waals surface area contributed by atoms with Gasteiger partial charge in [0.25, 0.3) is 5.69 Å². The van der Waals surface area contributed by atoms with Crippen LogP contribution in [0, 0.1) is 20.2 Å². The van der Waals surface area contributed by atoms with Crippen molar-refractivity contribution in [3.63, 3.8) is 0 Å². The average molecular weight is 372 g/mol. The highest BCUT2D eigenvalue weighted by molar-refractivity contribution is 5.97. The fourth-order valence-corrected chi connectivity index (χ4v) is 2.07. The van der Waals surface area contributed by atoms with E-state index in [0.717, 1.165) is 17.7 Å². The molecule has 0 heterocycles. The molecule has 0 fully saturated rings. The van der Waals surface area contributed by atoms with Gasteiger partial charge in [-0.15, -0.1) is 0 Å². The first-order chi connectivity index (χ1) is 12.9. The third-order valence-electron chi connectivity index (χ3n) is 3.40. The Morgan fingerprint density at radius 3 is 2.44 bits per heavy atom. The van der Waals surface area contributed by atoms with Gasteiger partial charge in [0.15, 0.2) is 0 Å². The maximum atomic E-state index is 11.8. The number of non-ortho nitro benzene ring substituents is 1. The predicted octanol–water partition coefficient (Wildman–Crippen LogP) is 3.42. The number of anilines is 1. The molecule has 0 atom stereocenters. The standard InChI is InChI=1S/C17H16N4O6/c1-12(9-17(22)27-11-13-5-3-2-4-6-13)18-19-15-8-7-14(20(23)24)10-16(15)21(25)26/h2-8,10,19H,9,11H2,1H3/b18-12+. The number of carbonyl (C=O) groups excluding carboxylic acids is 1. The quantitative estimate of drug-likeness (QED) is 0.324. The zero-order valence-corrected chi connectivity index (χ0v) is 14.3. The number of carbonyl (C=O) groups is 1. The first-order valence-electron chi connectivity index (χ1n) is 7.78. The number of hydrogen-bond acceptors (Lipinski definition) is 8.